The summed E-state index contributed by atoms with van der Waals surface area (Å²) in [4.78, 5) is 0. The quantitative estimate of drug-likeness (QED) is 0.703. The molecule has 1 heterocycles. The Morgan fingerprint density at radius 3 is 2.86 bits per heavy atom. The Kier molecular flexibility index (Phi) is 4.63. The average Bonchev–Trinajstić information content (AvgIpc) is 2.19. The van der Waals surface area contributed by atoms with Gasteiger partial charge in [0.2, 0.25) is 0 Å². The van der Waals surface area contributed by atoms with Gasteiger partial charge in [-0.3, -0.25) is 0 Å². The molecule has 0 aromatic heterocycles. The fraction of sp³-hybridized carbons (Fsp3) is 0.833. The van der Waals surface area contributed by atoms with E-state index in [0.717, 1.165) is 25.7 Å². The lowest BCUT2D eigenvalue weighted by atomic mass is 9.86. The summed E-state index contributed by atoms with van der Waals surface area (Å²) in [7, 11) is 0. The molecule has 1 N–H and O–H groups in total. The first-order chi connectivity index (χ1) is 6.69. The monoisotopic (exact) mass is 198 g/mol. The van der Waals surface area contributed by atoms with Crippen LogP contribution in [0.4, 0.5) is 0 Å². The Morgan fingerprint density at radius 2 is 2.29 bits per heavy atom. The first kappa shape index (κ1) is 11.7. The summed E-state index contributed by atoms with van der Waals surface area (Å²) >= 11 is 0. The van der Waals surface area contributed by atoms with Crippen molar-refractivity contribution in [3.05, 3.63) is 12.2 Å². The molecule has 0 aromatic rings. The fourth-order valence-electron chi connectivity index (χ4n) is 2.10. The van der Waals surface area contributed by atoms with Crippen molar-refractivity contribution in [3.8, 4) is 0 Å². The molecule has 2 heteroatoms. The predicted octanol–water partition coefficient (Wildman–Crippen LogP) is 2.52. The molecule has 1 aliphatic heterocycles. The van der Waals surface area contributed by atoms with Crippen LogP contribution in [0.1, 0.15) is 39.5 Å². The second-order valence-corrected chi connectivity index (χ2v) is 4.23. The van der Waals surface area contributed by atoms with Crippen molar-refractivity contribution in [2.75, 3.05) is 6.61 Å². The van der Waals surface area contributed by atoms with E-state index in [1.165, 1.54) is 5.57 Å². The van der Waals surface area contributed by atoms with E-state index in [1.807, 2.05) is 0 Å². The molecule has 2 nitrogen and oxygen atoms in total. The zero-order valence-corrected chi connectivity index (χ0v) is 9.33. The number of aliphatic hydroxyl groups excluding tert-OH is 1. The van der Waals surface area contributed by atoms with Crippen molar-refractivity contribution in [2.24, 2.45) is 5.92 Å². The van der Waals surface area contributed by atoms with E-state index in [0.29, 0.717) is 12.0 Å². The molecule has 1 rings (SSSR count). The van der Waals surface area contributed by atoms with Crippen LogP contribution in [0.15, 0.2) is 12.2 Å². The number of aliphatic hydroxyl groups is 1. The second-order valence-electron chi connectivity index (χ2n) is 4.23. The molecule has 1 fully saturated rings. The zero-order valence-electron chi connectivity index (χ0n) is 9.33. The van der Waals surface area contributed by atoms with Gasteiger partial charge in [-0.1, -0.05) is 20.4 Å². The van der Waals surface area contributed by atoms with Crippen LogP contribution in [-0.2, 0) is 4.74 Å². The zero-order chi connectivity index (χ0) is 10.6. The highest BCUT2D eigenvalue weighted by molar-refractivity contribution is 5.09. The summed E-state index contributed by atoms with van der Waals surface area (Å²) in [5.41, 5.74) is 1.24. The Bertz CT molecular complexity index is 189. The molecular weight excluding hydrogens is 176 g/mol. The highest BCUT2D eigenvalue weighted by atomic mass is 16.5. The van der Waals surface area contributed by atoms with Crippen LogP contribution < -0.4 is 0 Å². The maximum absolute atomic E-state index is 8.76. The minimum atomic E-state index is 0.238. The molecule has 0 radical (unpaired) electrons. The molecule has 0 bridgehead atoms. The summed E-state index contributed by atoms with van der Waals surface area (Å²) in [6, 6.07) is 0. The molecule has 0 aromatic carbocycles. The standard InChI is InChI=1S/C12H22O2/c1-4-12-10(3)9(2)8-11(14-12)6-5-7-13/h9,11-13H,3-8H2,1-2H3/t9-,11?,12?/m1/s1. The molecule has 0 amide bonds. The lowest BCUT2D eigenvalue weighted by Crippen LogP contribution is -2.33. The third kappa shape index (κ3) is 2.82. The Balaban J connectivity index is 2.45. The smallest absolute Gasteiger partial charge is 0.0786 e. The predicted molar refractivity (Wildman–Crippen MR) is 58.2 cm³/mol. The van der Waals surface area contributed by atoms with E-state index in [2.05, 4.69) is 20.4 Å². The van der Waals surface area contributed by atoms with Crippen molar-refractivity contribution in [1.29, 1.82) is 0 Å². The van der Waals surface area contributed by atoms with E-state index in [9.17, 15) is 0 Å². The van der Waals surface area contributed by atoms with Gasteiger partial charge in [0, 0.05) is 6.61 Å². The van der Waals surface area contributed by atoms with E-state index in [-0.39, 0.29) is 12.7 Å². The van der Waals surface area contributed by atoms with Crippen LogP contribution in [0, 0.1) is 5.92 Å². The van der Waals surface area contributed by atoms with Crippen molar-refractivity contribution in [2.45, 2.75) is 51.7 Å². The molecule has 2 unspecified atom stereocenters. The number of hydrogen-bond acceptors (Lipinski definition) is 2. The Labute approximate surface area is 87.0 Å². The van der Waals surface area contributed by atoms with Crippen LogP contribution in [0.3, 0.4) is 0 Å². The summed E-state index contributed by atoms with van der Waals surface area (Å²) in [6.45, 7) is 8.72. The third-order valence-electron chi connectivity index (χ3n) is 3.07. The van der Waals surface area contributed by atoms with E-state index in [1.54, 1.807) is 0 Å². The molecule has 82 valence electrons. The molecular formula is C12H22O2. The Hall–Kier alpha value is -0.340. The van der Waals surface area contributed by atoms with Crippen molar-refractivity contribution in [3.63, 3.8) is 0 Å². The minimum absolute atomic E-state index is 0.238. The molecule has 0 saturated carbocycles. The van der Waals surface area contributed by atoms with Crippen molar-refractivity contribution >= 4 is 0 Å². The largest absolute Gasteiger partial charge is 0.396 e. The van der Waals surface area contributed by atoms with Crippen LogP contribution >= 0.6 is 0 Å². The van der Waals surface area contributed by atoms with Crippen LogP contribution in [0.5, 0.6) is 0 Å². The second kappa shape index (κ2) is 5.52. The lowest BCUT2D eigenvalue weighted by molar-refractivity contribution is -0.0397. The summed E-state index contributed by atoms with van der Waals surface area (Å²) < 4.78 is 5.91. The minimum Gasteiger partial charge on any atom is -0.396 e. The van der Waals surface area contributed by atoms with Gasteiger partial charge in [-0.15, -0.1) is 0 Å². The van der Waals surface area contributed by atoms with E-state index in [4.69, 9.17) is 9.84 Å². The summed E-state index contributed by atoms with van der Waals surface area (Å²) in [6.07, 6.45) is 4.47. The van der Waals surface area contributed by atoms with Gasteiger partial charge >= 0.3 is 0 Å². The topological polar surface area (TPSA) is 29.5 Å². The van der Waals surface area contributed by atoms with Crippen LogP contribution in [0.25, 0.3) is 0 Å². The van der Waals surface area contributed by atoms with Gasteiger partial charge in [-0.2, -0.15) is 0 Å². The van der Waals surface area contributed by atoms with Crippen molar-refractivity contribution < 1.29 is 9.84 Å². The molecule has 1 saturated heterocycles. The van der Waals surface area contributed by atoms with Gasteiger partial charge < -0.3 is 9.84 Å². The normalized spacial score (nSPS) is 33.4. The molecule has 1 aliphatic rings. The maximum atomic E-state index is 8.76. The van der Waals surface area contributed by atoms with Gasteiger partial charge in [0.15, 0.2) is 0 Å². The first-order valence-corrected chi connectivity index (χ1v) is 5.64. The first-order valence-electron chi connectivity index (χ1n) is 5.64. The van der Waals surface area contributed by atoms with Gasteiger partial charge in [0.1, 0.15) is 0 Å². The van der Waals surface area contributed by atoms with Gasteiger partial charge in [0.05, 0.1) is 12.2 Å². The average molecular weight is 198 g/mol. The maximum Gasteiger partial charge on any atom is 0.0786 e. The highest BCUT2D eigenvalue weighted by Gasteiger charge is 2.28. The molecule has 0 spiro atoms. The van der Waals surface area contributed by atoms with Crippen molar-refractivity contribution in [1.82, 2.24) is 0 Å². The number of hydrogen-bond donors (Lipinski definition) is 1. The molecule has 3 atom stereocenters. The summed E-state index contributed by atoms with van der Waals surface area (Å²) in [5.74, 6) is 0.567. The number of ether oxygens (including phenoxy) is 1. The SMILES string of the molecule is C=C1C(CC)OC(CCCO)C[C@H]1C. The van der Waals surface area contributed by atoms with Gasteiger partial charge in [-0.05, 0) is 37.2 Å². The molecule has 0 aliphatic carbocycles. The fourth-order valence-corrected chi connectivity index (χ4v) is 2.10. The Morgan fingerprint density at radius 1 is 1.57 bits per heavy atom. The lowest BCUT2D eigenvalue weighted by Gasteiger charge is -2.35. The third-order valence-corrected chi connectivity index (χ3v) is 3.07. The summed E-state index contributed by atoms with van der Waals surface area (Å²) in [5, 5.41) is 8.76. The van der Waals surface area contributed by atoms with Crippen LogP contribution in [0.2, 0.25) is 0 Å². The number of rotatable bonds is 4. The van der Waals surface area contributed by atoms with E-state index >= 15 is 0 Å². The van der Waals surface area contributed by atoms with Gasteiger partial charge in [-0.25, -0.2) is 0 Å². The van der Waals surface area contributed by atoms with Gasteiger partial charge in [0.25, 0.3) is 0 Å². The molecule has 14 heavy (non-hydrogen) atoms. The van der Waals surface area contributed by atoms with E-state index < -0.39 is 0 Å². The van der Waals surface area contributed by atoms with Crippen LogP contribution in [-0.4, -0.2) is 23.9 Å². The highest BCUT2D eigenvalue weighted by Crippen LogP contribution is 2.31.